The number of aliphatic carboxylic acids is 1. The zero-order valence-corrected chi connectivity index (χ0v) is 17.1. The van der Waals surface area contributed by atoms with E-state index in [9.17, 15) is 4.79 Å². The average molecular weight is 348 g/mol. The van der Waals surface area contributed by atoms with E-state index in [0.29, 0.717) is 6.42 Å². The third-order valence-corrected chi connectivity index (χ3v) is 3.65. The summed E-state index contributed by atoms with van der Waals surface area (Å²) in [7, 11) is 0. The fraction of sp³-hybridized carbons (Fsp3) is 0.833. The molecule has 0 atom stereocenters. The van der Waals surface area contributed by atoms with Crippen LogP contribution in [0.4, 0.5) is 0 Å². The molecular weight excluding hydrogens is 314 g/mol. The van der Waals surface area contributed by atoms with Gasteiger partial charge in [0.15, 0.2) is 0 Å². The maximum absolute atomic E-state index is 10.3. The molecule has 0 bridgehead atoms. The molecule has 0 aromatic carbocycles. The van der Waals surface area contributed by atoms with Crippen molar-refractivity contribution in [2.24, 2.45) is 0 Å². The Morgan fingerprint density at radius 1 is 0.762 bits per heavy atom. The van der Waals surface area contributed by atoms with Crippen LogP contribution in [0.25, 0.3) is 0 Å². The summed E-state index contributed by atoms with van der Waals surface area (Å²) in [4.78, 5) is 10.3. The summed E-state index contributed by atoms with van der Waals surface area (Å²) in [6, 6.07) is 0. The molecule has 2 nitrogen and oxygen atoms in total. The van der Waals surface area contributed by atoms with E-state index in [-0.39, 0.29) is 19.5 Å². The molecule has 0 aromatic rings. The van der Waals surface area contributed by atoms with Crippen LogP contribution in [0.15, 0.2) is 12.2 Å². The van der Waals surface area contributed by atoms with E-state index in [1.165, 1.54) is 70.6 Å². The number of hydrogen-bond acceptors (Lipinski definition) is 1. The summed E-state index contributed by atoms with van der Waals surface area (Å²) in [5.41, 5.74) is 0. The Morgan fingerprint density at radius 3 is 1.67 bits per heavy atom. The van der Waals surface area contributed by atoms with Gasteiger partial charge in [0, 0.05) is 25.9 Å². The van der Waals surface area contributed by atoms with Crippen molar-refractivity contribution in [3.8, 4) is 0 Å². The predicted molar refractivity (Wildman–Crippen MR) is 87.1 cm³/mol. The Labute approximate surface area is 144 Å². The molecule has 0 aliphatic rings. The molecule has 0 amide bonds. The molecule has 0 spiro atoms. The predicted octanol–water partition coefficient (Wildman–Crippen LogP) is 6.11. The molecule has 0 heterocycles. The quantitative estimate of drug-likeness (QED) is 0.220. The summed E-state index contributed by atoms with van der Waals surface area (Å²) in [6.07, 6.45) is 21.2. The van der Waals surface area contributed by atoms with Gasteiger partial charge < -0.3 is 5.11 Å². The molecule has 0 rings (SSSR count). The average Bonchev–Trinajstić information content (AvgIpc) is 2.43. The first-order chi connectivity index (χ1) is 9.77. The van der Waals surface area contributed by atoms with Crippen molar-refractivity contribution in [1.29, 1.82) is 0 Å². The smallest absolute Gasteiger partial charge is 0.303 e. The molecule has 120 valence electrons. The van der Waals surface area contributed by atoms with E-state index in [2.05, 4.69) is 19.1 Å². The number of allylic oxidation sites excluding steroid dienone is 2. The number of carbonyl (C=O) groups is 1. The van der Waals surface area contributed by atoms with Gasteiger partial charge in [-0.2, -0.15) is 0 Å². The summed E-state index contributed by atoms with van der Waals surface area (Å²) in [6.45, 7) is 2.26. The van der Waals surface area contributed by atoms with Gasteiger partial charge in [-0.3, -0.25) is 4.79 Å². The second-order valence-corrected chi connectivity index (χ2v) is 5.73. The van der Waals surface area contributed by atoms with Gasteiger partial charge in [0.1, 0.15) is 0 Å². The Bertz CT molecular complexity index is 239. The van der Waals surface area contributed by atoms with Gasteiger partial charge >= 0.3 is 5.97 Å². The van der Waals surface area contributed by atoms with Crippen LogP contribution in [0, 0.1) is 0 Å². The number of unbranched alkanes of at least 4 members (excludes halogenated alkanes) is 11. The van der Waals surface area contributed by atoms with Crippen molar-refractivity contribution in [3.05, 3.63) is 12.2 Å². The third-order valence-electron chi connectivity index (χ3n) is 3.65. The second-order valence-electron chi connectivity index (χ2n) is 5.73. The molecule has 0 aromatic heterocycles. The summed E-state index contributed by atoms with van der Waals surface area (Å²) in [5.74, 6) is -0.664. The first-order valence-corrected chi connectivity index (χ1v) is 8.64. The summed E-state index contributed by atoms with van der Waals surface area (Å²) < 4.78 is 0. The number of carboxylic acids is 1. The maximum atomic E-state index is 10.3. The van der Waals surface area contributed by atoms with Gasteiger partial charge in [-0.05, 0) is 32.1 Å². The van der Waals surface area contributed by atoms with Crippen molar-refractivity contribution >= 4 is 5.97 Å². The van der Waals surface area contributed by atoms with E-state index in [1.807, 2.05) is 0 Å². The summed E-state index contributed by atoms with van der Waals surface area (Å²) in [5, 5.41) is 8.51. The van der Waals surface area contributed by atoms with E-state index in [1.54, 1.807) is 0 Å². The van der Waals surface area contributed by atoms with Crippen LogP contribution in [0.2, 0.25) is 0 Å². The Morgan fingerprint density at radius 2 is 1.19 bits per heavy atom. The van der Waals surface area contributed by atoms with Crippen molar-refractivity contribution in [3.63, 3.8) is 0 Å². The Hall–Kier alpha value is -0.167. The third kappa shape index (κ3) is 22.3. The van der Waals surface area contributed by atoms with Crippen LogP contribution >= 0.6 is 0 Å². The largest absolute Gasteiger partial charge is 0.481 e. The van der Waals surface area contributed by atoms with Crippen molar-refractivity contribution in [2.75, 3.05) is 0 Å². The molecule has 0 aliphatic carbocycles. The van der Waals surface area contributed by atoms with Crippen LogP contribution in [0.3, 0.4) is 0 Å². The topological polar surface area (TPSA) is 37.3 Å². The molecule has 3 heteroatoms. The van der Waals surface area contributed by atoms with E-state index in [4.69, 9.17) is 5.11 Å². The molecule has 1 N–H and O–H groups in total. The van der Waals surface area contributed by atoms with Crippen LogP contribution in [0.5, 0.6) is 0 Å². The van der Waals surface area contributed by atoms with Crippen LogP contribution < -0.4 is 0 Å². The molecule has 21 heavy (non-hydrogen) atoms. The molecule has 0 saturated heterocycles. The second kappa shape index (κ2) is 19.8. The number of hydrogen-bond donors (Lipinski definition) is 1. The molecule has 0 radical (unpaired) electrons. The van der Waals surface area contributed by atoms with Crippen LogP contribution in [-0.4, -0.2) is 11.1 Å². The van der Waals surface area contributed by atoms with Gasteiger partial charge in [-0.25, -0.2) is 0 Å². The van der Waals surface area contributed by atoms with Gasteiger partial charge in [0.2, 0.25) is 0 Å². The molecular formula is C18H34O2Zn. The van der Waals surface area contributed by atoms with Crippen LogP contribution in [0.1, 0.15) is 96.8 Å². The standard InChI is InChI=1S/C18H34O2.Zn/c1-2-3-4-5-6-7-8-9-10-11-12-13-14-15-16-17-18(19)20;/h9-10H,2-8,11-17H2,1H3,(H,19,20);/b10-9-;. The minimum atomic E-state index is -0.664. The van der Waals surface area contributed by atoms with Gasteiger partial charge in [-0.1, -0.05) is 70.4 Å². The van der Waals surface area contributed by atoms with Gasteiger partial charge in [-0.15, -0.1) is 0 Å². The van der Waals surface area contributed by atoms with Gasteiger partial charge in [0.05, 0.1) is 0 Å². The normalized spacial score (nSPS) is 10.7. The zero-order chi connectivity index (χ0) is 14.9. The maximum Gasteiger partial charge on any atom is 0.303 e. The first kappa shape index (κ1) is 23.1. The SMILES string of the molecule is CCCCCCCC/C=C\CCCCCCCC(=O)O.[Zn]. The van der Waals surface area contributed by atoms with Crippen molar-refractivity contribution < 1.29 is 29.4 Å². The summed E-state index contributed by atoms with van der Waals surface area (Å²) >= 11 is 0. The van der Waals surface area contributed by atoms with E-state index in [0.717, 1.165) is 12.8 Å². The van der Waals surface area contributed by atoms with E-state index >= 15 is 0 Å². The van der Waals surface area contributed by atoms with Crippen molar-refractivity contribution in [2.45, 2.75) is 96.8 Å². The van der Waals surface area contributed by atoms with Gasteiger partial charge in [0.25, 0.3) is 0 Å². The minimum Gasteiger partial charge on any atom is -0.481 e. The zero-order valence-electron chi connectivity index (χ0n) is 14.1. The number of rotatable bonds is 15. The molecule has 0 fully saturated rings. The van der Waals surface area contributed by atoms with Crippen LogP contribution in [-0.2, 0) is 24.3 Å². The first-order valence-electron chi connectivity index (χ1n) is 8.64. The fourth-order valence-electron chi connectivity index (χ4n) is 2.35. The molecule has 0 aliphatic heterocycles. The Balaban J connectivity index is 0. The monoisotopic (exact) mass is 346 g/mol. The molecule has 0 saturated carbocycles. The van der Waals surface area contributed by atoms with E-state index < -0.39 is 5.97 Å². The number of carboxylic acid groups (broad SMARTS) is 1. The molecule has 0 unspecified atom stereocenters. The fourth-order valence-corrected chi connectivity index (χ4v) is 2.35. The Kier molecular flexibility index (Phi) is 21.8. The van der Waals surface area contributed by atoms with Crippen molar-refractivity contribution in [1.82, 2.24) is 0 Å². The minimum absolute atomic E-state index is 0.